The molecule has 12 rings (SSSR count). The van der Waals surface area contributed by atoms with Gasteiger partial charge in [-0.3, -0.25) is 28.5 Å². The summed E-state index contributed by atoms with van der Waals surface area (Å²) >= 11 is 6.30. The van der Waals surface area contributed by atoms with Crippen molar-refractivity contribution in [1.29, 1.82) is 0 Å². The number of amides is 2. The van der Waals surface area contributed by atoms with Gasteiger partial charge in [-0.2, -0.15) is 10.2 Å². The van der Waals surface area contributed by atoms with E-state index in [9.17, 15) is 19.2 Å². The smallest absolute Gasteiger partial charge is 0.260 e. The maximum atomic E-state index is 13.8. The van der Waals surface area contributed by atoms with Crippen LogP contribution in [0.25, 0.3) is 32.8 Å². The molecule has 2 saturated carbocycles. The summed E-state index contributed by atoms with van der Waals surface area (Å²) in [4.78, 5) is 61.8. The molecule has 2 aliphatic carbocycles. The van der Waals surface area contributed by atoms with Crippen molar-refractivity contribution in [2.75, 3.05) is 11.5 Å². The molecule has 6 N–H and O–H groups in total. The number of hydrogen-bond acceptors (Lipinski definition) is 12. The maximum Gasteiger partial charge on any atom is 0.260 e. The molecule has 392 valence electrons. The molecule has 20 nitrogen and oxygen atoms in total. The lowest BCUT2D eigenvalue weighted by Gasteiger charge is -2.21. The fraction of sp³-hybridized carbons (Fsp3) is 0.250. The van der Waals surface area contributed by atoms with Gasteiger partial charge in [-0.25, -0.2) is 19.0 Å². The average Bonchev–Trinajstić information content (AvgIpc) is 4.26. The second kappa shape index (κ2) is 22.1. The molecule has 2 amide bonds. The summed E-state index contributed by atoms with van der Waals surface area (Å²) in [5.41, 5.74) is 16.7. The van der Waals surface area contributed by atoms with E-state index in [4.69, 9.17) is 29.5 Å². The predicted molar refractivity (Wildman–Crippen MR) is 298 cm³/mol. The fourth-order valence-corrected chi connectivity index (χ4v) is 9.25. The zero-order chi connectivity index (χ0) is 52.7. The number of benzene rings is 2. The number of halogens is 1. The van der Waals surface area contributed by atoms with Crippen molar-refractivity contribution < 1.29 is 9.59 Å². The number of carbonyl (C=O) groups excluding carboxylic acids is 2. The Bertz CT molecular complexity index is 4120. The van der Waals surface area contributed by atoms with E-state index < -0.39 is 23.9 Å². The largest absolute Gasteiger partial charge is 0.381 e. The van der Waals surface area contributed by atoms with Crippen molar-refractivity contribution in [3.63, 3.8) is 0 Å². The van der Waals surface area contributed by atoms with Gasteiger partial charge in [0.05, 0.1) is 51.4 Å². The molecule has 0 unspecified atom stereocenters. The van der Waals surface area contributed by atoms with Crippen LogP contribution in [0.2, 0.25) is 5.02 Å². The van der Waals surface area contributed by atoms with Gasteiger partial charge in [-0.15, -0.1) is 16.6 Å². The summed E-state index contributed by atoms with van der Waals surface area (Å²) in [7, 11) is 3.67. The summed E-state index contributed by atoms with van der Waals surface area (Å²) < 4.78 is 9.87. The van der Waals surface area contributed by atoms with Crippen molar-refractivity contribution in [1.82, 2.24) is 68.5 Å². The van der Waals surface area contributed by atoms with Crippen molar-refractivity contribution in [2.45, 2.75) is 78.6 Å². The number of aryl methyl sites for hydroxylation is 2. The molecule has 8 heterocycles. The minimum Gasteiger partial charge on any atom is -0.381 e. The Morgan fingerprint density at radius 3 is 1.61 bits per heavy atom. The topological polar surface area (TPSA) is 250 Å². The first-order valence-corrected chi connectivity index (χ1v) is 24.3. The zero-order valence-corrected chi connectivity index (χ0v) is 41.9. The fourth-order valence-electron chi connectivity index (χ4n) is 8.99. The van der Waals surface area contributed by atoms with E-state index >= 15 is 0 Å². The normalized spacial score (nSPS) is 13.4. The molecular weight excluding hydrogens is 996 g/mol. The van der Waals surface area contributed by atoms with Crippen LogP contribution < -0.4 is 33.2 Å². The standard InChI is InChI=1S/C27H24N8O2.C21H19ClN6O2.C6H6N2.2CH4/c1-16(31-26(36)23-24(28)32-34-12-4-11-29-25(23)34)21-13-19-6-3-5-18(8-7-17-14-30-33(2)15-17)22(19)27(37)35(21)20-9-10-20;1-11(25-20(29)17-18(23)26-27-9-3-8-24-19(17)27)15-10-12-4-2-5-14(22)16(12)21(30)28(15)13-6-7-13;1-3-6-4-7-8(2)5-6;;/h3-6,11-16,20H,9-10H2,1-2H3,(H2,28,32)(H,31,36);2-5,8-11,13H,6-7H2,1H3,(H2,23,26)(H,25,29);1,4-5H,2H3;2*1H4/t16-;11-;;;/m00.../s1. The second-order valence-electron chi connectivity index (χ2n) is 18.3. The van der Waals surface area contributed by atoms with Gasteiger partial charge >= 0.3 is 0 Å². The van der Waals surface area contributed by atoms with Crippen LogP contribution in [0, 0.1) is 24.2 Å². The SMILES string of the molecule is C.C.C#Cc1cnn(C)c1.C[C@H](NC(=O)c1c(N)nn2cccnc12)c1cc2cccc(C#Cc3cnn(C)c3)c2c(=O)n1C1CC1.C[C@H](NC(=O)c1c(N)nn2cccnc12)c1cc2cccc(Cl)c2c(=O)n1C1CC1. The average molecular weight is 1050 g/mol. The van der Waals surface area contributed by atoms with Crippen LogP contribution >= 0.6 is 11.6 Å². The summed E-state index contributed by atoms with van der Waals surface area (Å²) in [6.07, 6.45) is 22.2. The number of rotatable bonds is 8. The first-order valence-electron chi connectivity index (χ1n) is 24.0. The minimum atomic E-state index is -0.464. The van der Waals surface area contributed by atoms with Gasteiger partial charge in [-0.05, 0) is 86.7 Å². The van der Waals surface area contributed by atoms with Crippen LogP contribution in [-0.4, -0.2) is 69.7 Å². The van der Waals surface area contributed by atoms with Crippen molar-refractivity contribution in [3.8, 4) is 24.2 Å². The Kier molecular flexibility index (Phi) is 15.4. The maximum absolute atomic E-state index is 13.8. The van der Waals surface area contributed by atoms with E-state index in [1.807, 2.05) is 76.6 Å². The summed E-state index contributed by atoms with van der Waals surface area (Å²) in [6.45, 7) is 3.70. The third kappa shape index (κ3) is 10.9. The predicted octanol–water partition coefficient (Wildman–Crippen LogP) is 7.36. The van der Waals surface area contributed by atoms with Gasteiger partial charge in [-0.1, -0.05) is 68.5 Å². The first kappa shape index (κ1) is 53.8. The molecule has 2 aromatic carbocycles. The molecule has 0 aliphatic heterocycles. The number of terminal acetylenes is 1. The number of nitrogen functional groups attached to an aromatic ring is 2. The summed E-state index contributed by atoms with van der Waals surface area (Å²) in [5.74, 6) is 8.12. The monoisotopic (exact) mass is 1050 g/mol. The van der Waals surface area contributed by atoms with Crippen molar-refractivity contribution in [2.24, 2.45) is 14.1 Å². The van der Waals surface area contributed by atoms with Crippen LogP contribution in [-0.2, 0) is 14.1 Å². The van der Waals surface area contributed by atoms with Gasteiger partial charge in [0.25, 0.3) is 22.9 Å². The second-order valence-corrected chi connectivity index (χ2v) is 18.7. The Morgan fingerprint density at radius 1 is 0.688 bits per heavy atom. The summed E-state index contributed by atoms with van der Waals surface area (Å²) in [5, 5.41) is 25.3. The third-order valence-electron chi connectivity index (χ3n) is 12.8. The molecule has 21 heteroatoms. The van der Waals surface area contributed by atoms with Crippen LogP contribution in [0.15, 0.2) is 120 Å². The third-order valence-corrected chi connectivity index (χ3v) is 13.1. The van der Waals surface area contributed by atoms with Gasteiger partial charge in [0, 0.05) is 80.3 Å². The molecule has 77 heavy (non-hydrogen) atoms. The van der Waals surface area contributed by atoms with Gasteiger partial charge in [0.15, 0.2) is 22.9 Å². The van der Waals surface area contributed by atoms with E-state index in [1.165, 1.54) is 9.03 Å². The molecule has 2 fully saturated rings. The highest BCUT2D eigenvalue weighted by atomic mass is 35.5. The Labute approximate surface area is 447 Å². The number of pyridine rings is 2. The minimum absolute atomic E-state index is 0. The van der Waals surface area contributed by atoms with Crippen molar-refractivity contribution >= 4 is 67.9 Å². The molecule has 2 atom stereocenters. The number of nitrogens with two attached hydrogens (primary N) is 2. The highest BCUT2D eigenvalue weighted by molar-refractivity contribution is 6.35. The molecule has 0 spiro atoms. The van der Waals surface area contributed by atoms with Gasteiger partial charge in [0.1, 0.15) is 11.1 Å². The van der Waals surface area contributed by atoms with Crippen LogP contribution in [0.1, 0.15) is 127 Å². The molecule has 0 radical (unpaired) electrons. The molecule has 2 aliphatic rings. The van der Waals surface area contributed by atoms with E-state index in [-0.39, 0.29) is 60.8 Å². The lowest BCUT2D eigenvalue weighted by Crippen LogP contribution is -2.33. The highest BCUT2D eigenvalue weighted by Crippen LogP contribution is 2.38. The number of hydrogen-bond donors (Lipinski definition) is 4. The number of anilines is 2. The lowest BCUT2D eigenvalue weighted by atomic mass is 10.0. The number of carbonyl (C=O) groups is 2. The molecular formula is C56H57ClN16O4. The van der Waals surface area contributed by atoms with Crippen LogP contribution in [0.4, 0.5) is 11.6 Å². The Balaban J connectivity index is 0.000000176. The van der Waals surface area contributed by atoms with Gasteiger partial charge < -0.3 is 31.2 Å². The van der Waals surface area contributed by atoms with E-state index in [2.05, 4.69) is 58.8 Å². The molecule has 8 aromatic heterocycles. The van der Waals surface area contributed by atoms with E-state index in [0.717, 1.165) is 59.0 Å². The lowest BCUT2D eigenvalue weighted by molar-refractivity contribution is 0.0932. The Morgan fingerprint density at radius 2 is 1.16 bits per heavy atom. The zero-order valence-electron chi connectivity index (χ0n) is 41.1. The van der Waals surface area contributed by atoms with E-state index in [0.29, 0.717) is 32.7 Å². The number of fused-ring (bicyclic) bond motifs is 4. The Hall–Kier alpha value is -9.53. The number of nitrogens with one attached hydrogen (secondary N) is 2. The van der Waals surface area contributed by atoms with Gasteiger partial charge in [0.2, 0.25) is 0 Å². The molecule has 10 aromatic rings. The number of nitrogens with zero attached hydrogens (tertiary/aromatic N) is 12. The number of aromatic nitrogens is 12. The molecule has 0 bridgehead atoms. The van der Waals surface area contributed by atoms with Crippen LogP contribution in [0.5, 0.6) is 0 Å². The van der Waals surface area contributed by atoms with E-state index in [1.54, 1.807) is 80.1 Å². The first-order chi connectivity index (χ1) is 36.2. The van der Waals surface area contributed by atoms with Crippen molar-refractivity contribution in [3.05, 3.63) is 175 Å². The van der Waals surface area contributed by atoms with Crippen LogP contribution in [0.3, 0.4) is 0 Å². The summed E-state index contributed by atoms with van der Waals surface area (Å²) in [6, 6.07) is 17.6. The quantitative estimate of drug-likeness (QED) is 0.109. The highest BCUT2D eigenvalue weighted by Gasteiger charge is 2.32. The molecule has 0 saturated heterocycles.